The third-order valence-electron chi connectivity index (χ3n) is 2.74. The van der Waals surface area contributed by atoms with Crippen molar-refractivity contribution < 1.29 is 0 Å². The van der Waals surface area contributed by atoms with Crippen LogP contribution >= 0.6 is 27.7 Å². The Balaban J connectivity index is 1.81. The van der Waals surface area contributed by atoms with Crippen LogP contribution in [0.4, 0.5) is 0 Å². The van der Waals surface area contributed by atoms with E-state index in [-0.39, 0.29) is 0 Å². The summed E-state index contributed by atoms with van der Waals surface area (Å²) in [6, 6.07) is 8.58. The lowest BCUT2D eigenvalue weighted by Gasteiger charge is -2.22. The Labute approximate surface area is 104 Å². The quantitative estimate of drug-likeness (QED) is 0.853. The molecule has 0 saturated carbocycles. The van der Waals surface area contributed by atoms with E-state index < -0.39 is 0 Å². The van der Waals surface area contributed by atoms with Gasteiger partial charge in [-0.05, 0) is 50.0 Å². The van der Waals surface area contributed by atoms with Crippen LogP contribution in [0.1, 0.15) is 12.8 Å². The molecule has 1 N–H and O–H groups in total. The summed E-state index contributed by atoms with van der Waals surface area (Å²) in [6.45, 7) is 2.40. The highest BCUT2D eigenvalue weighted by Gasteiger charge is 2.12. The van der Waals surface area contributed by atoms with Crippen molar-refractivity contribution in [3.05, 3.63) is 28.7 Å². The van der Waals surface area contributed by atoms with E-state index in [4.69, 9.17) is 0 Å². The number of thioether (sulfide) groups is 1. The number of hydrogen-bond donors (Lipinski definition) is 1. The molecule has 2 rings (SSSR count). The van der Waals surface area contributed by atoms with Gasteiger partial charge in [-0.3, -0.25) is 0 Å². The molecule has 1 saturated heterocycles. The van der Waals surface area contributed by atoms with Crippen molar-refractivity contribution in [1.82, 2.24) is 5.32 Å². The van der Waals surface area contributed by atoms with Crippen LogP contribution in [0.15, 0.2) is 33.6 Å². The van der Waals surface area contributed by atoms with Crippen molar-refractivity contribution >= 4 is 27.7 Å². The zero-order valence-corrected chi connectivity index (χ0v) is 11.1. The molecule has 1 aliphatic rings. The predicted octanol–water partition coefficient (Wildman–Crippen LogP) is 3.54. The maximum atomic E-state index is 3.50. The molecule has 0 aliphatic carbocycles. The molecule has 1 nitrogen and oxygen atoms in total. The molecule has 0 amide bonds. The van der Waals surface area contributed by atoms with Crippen LogP contribution in [0.3, 0.4) is 0 Å². The Kier molecular flexibility index (Phi) is 4.54. The molecule has 15 heavy (non-hydrogen) atoms. The summed E-state index contributed by atoms with van der Waals surface area (Å²) in [5.41, 5.74) is 0. The molecule has 82 valence electrons. The molecule has 0 radical (unpaired) electrons. The van der Waals surface area contributed by atoms with Crippen LogP contribution in [0.5, 0.6) is 0 Å². The molecule has 1 fully saturated rings. The number of halogens is 1. The van der Waals surface area contributed by atoms with Gasteiger partial charge >= 0.3 is 0 Å². The summed E-state index contributed by atoms with van der Waals surface area (Å²) in [5.74, 6) is 2.16. The van der Waals surface area contributed by atoms with Crippen molar-refractivity contribution in [3.8, 4) is 0 Å². The van der Waals surface area contributed by atoms with Gasteiger partial charge in [-0.1, -0.05) is 22.0 Å². The van der Waals surface area contributed by atoms with Crippen molar-refractivity contribution in [2.45, 2.75) is 17.7 Å². The Bertz CT molecular complexity index is 310. The number of piperidine rings is 1. The van der Waals surface area contributed by atoms with Crippen LogP contribution in [-0.2, 0) is 0 Å². The van der Waals surface area contributed by atoms with Crippen LogP contribution in [-0.4, -0.2) is 18.8 Å². The predicted molar refractivity (Wildman–Crippen MR) is 70.5 cm³/mol. The smallest absolute Gasteiger partial charge is 0.0186 e. The standard InChI is InChI=1S/C12H16BrNS/c13-11-2-1-3-12(8-11)15-9-10-4-6-14-7-5-10/h1-3,8,10,14H,4-7,9H2. The van der Waals surface area contributed by atoms with Gasteiger partial charge in [-0.15, -0.1) is 11.8 Å². The zero-order valence-electron chi connectivity index (χ0n) is 8.71. The van der Waals surface area contributed by atoms with E-state index in [1.54, 1.807) is 0 Å². The van der Waals surface area contributed by atoms with Crippen LogP contribution < -0.4 is 5.32 Å². The Hall–Kier alpha value is 0.01000. The fourth-order valence-electron chi connectivity index (χ4n) is 1.82. The minimum atomic E-state index is 0.898. The van der Waals surface area contributed by atoms with Gasteiger partial charge in [0, 0.05) is 15.1 Å². The molecule has 1 aliphatic heterocycles. The second-order valence-electron chi connectivity index (χ2n) is 3.96. The van der Waals surface area contributed by atoms with E-state index >= 15 is 0 Å². The highest BCUT2D eigenvalue weighted by Crippen LogP contribution is 2.26. The first-order chi connectivity index (χ1) is 7.34. The number of hydrogen-bond acceptors (Lipinski definition) is 2. The van der Waals surface area contributed by atoms with Gasteiger partial charge in [-0.2, -0.15) is 0 Å². The molecule has 3 heteroatoms. The highest BCUT2D eigenvalue weighted by atomic mass is 79.9. The van der Waals surface area contributed by atoms with Gasteiger partial charge < -0.3 is 5.32 Å². The third kappa shape index (κ3) is 3.82. The summed E-state index contributed by atoms with van der Waals surface area (Å²) >= 11 is 5.49. The lowest BCUT2D eigenvalue weighted by Crippen LogP contribution is -2.28. The van der Waals surface area contributed by atoms with E-state index in [9.17, 15) is 0 Å². The van der Waals surface area contributed by atoms with Gasteiger partial charge in [0.25, 0.3) is 0 Å². The van der Waals surface area contributed by atoms with Crippen molar-refractivity contribution in [2.75, 3.05) is 18.8 Å². The topological polar surface area (TPSA) is 12.0 Å². The summed E-state index contributed by atoms with van der Waals surface area (Å²) < 4.78 is 1.18. The molecule has 0 aromatic heterocycles. The first-order valence-corrected chi connectivity index (χ1v) is 7.21. The molecule has 0 bridgehead atoms. The van der Waals surface area contributed by atoms with E-state index in [0.29, 0.717) is 0 Å². The van der Waals surface area contributed by atoms with Gasteiger partial charge in [0.15, 0.2) is 0 Å². The molecule has 1 aromatic carbocycles. The Morgan fingerprint density at radius 2 is 2.13 bits per heavy atom. The average Bonchev–Trinajstić information content (AvgIpc) is 2.28. The first-order valence-electron chi connectivity index (χ1n) is 5.44. The Morgan fingerprint density at radius 1 is 1.33 bits per heavy atom. The van der Waals surface area contributed by atoms with Crippen molar-refractivity contribution in [3.63, 3.8) is 0 Å². The Morgan fingerprint density at radius 3 is 2.87 bits per heavy atom. The normalized spacial score (nSPS) is 17.9. The van der Waals surface area contributed by atoms with E-state index in [1.165, 1.54) is 41.1 Å². The van der Waals surface area contributed by atoms with Crippen LogP contribution in [0.25, 0.3) is 0 Å². The molecule has 0 spiro atoms. The van der Waals surface area contributed by atoms with Gasteiger partial charge in [0.1, 0.15) is 0 Å². The highest BCUT2D eigenvalue weighted by molar-refractivity contribution is 9.10. The molecule has 0 unspecified atom stereocenters. The average molecular weight is 286 g/mol. The van der Waals surface area contributed by atoms with E-state index in [0.717, 1.165) is 5.92 Å². The van der Waals surface area contributed by atoms with Crippen molar-refractivity contribution in [1.29, 1.82) is 0 Å². The summed E-state index contributed by atoms with van der Waals surface area (Å²) in [7, 11) is 0. The minimum Gasteiger partial charge on any atom is -0.317 e. The zero-order chi connectivity index (χ0) is 10.5. The maximum absolute atomic E-state index is 3.50. The van der Waals surface area contributed by atoms with Gasteiger partial charge in [-0.25, -0.2) is 0 Å². The number of rotatable bonds is 3. The third-order valence-corrected chi connectivity index (χ3v) is 4.46. The monoisotopic (exact) mass is 285 g/mol. The molecule has 0 atom stereocenters. The number of nitrogens with one attached hydrogen (secondary N) is 1. The molecular weight excluding hydrogens is 270 g/mol. The second-order valence-corrected chi connectivity index (χ2v) is 5.97. The molecule has 1 heterocycles. The summed E-state index contributed by atoms with van der Waals surface area (Å²) in [4.78, 5) is 1.38. The maximum Gasteiger partial charge on any atom is 0.0186 e. The lowest BCUT2D eigenvalue weighted by molar-refractivity contribution is 0.408. The SMILES string of the molecule is Brc1cccc(SCC2CCNCC2)c1. The van der Waals surface area contributed by atoms with Crippen molar-refractivity contribution in [2.24, 2.45) is 5.92 Å². The van der Waals surface area contributed by atoms with E-state index in [1.807, 2.05) is 11.8 Å². The lowest BCUT2D eigenvalue weighted by atomic mass is 10.0. The first kappa shape index (κ1) is 11.5. The number of benzene rings is 1. The largest absolute Gasteiger partial charge is 0.317 e. The minimum absolute atomic E-state index is 0.898. The van der Waals surface area contributed by atoms with Crippen LogP contribution in [0.2, 0.25) is 0 Å². The molecule has 1 aromatic rings. The van der Waals surface area contributed by atoms with E-state index in [2.05, 4.69) is 45.5 Å². The van der Waals surface area contributed by atoms with Gasteiger partial charge in [0.05, 0.1) is 0 Å². The summed E-state index contributed by atoms with van der Waals surface area (Å²) in [5, 5.41) is 3.41. The fourth-order valence-corrected chi connectivity index (χ4v) is 3.52. The van der Waals surface area contributed by atoms with Gasteiger partial charge in [0.2, 0.25) is 0 Å². The van der Waals surface area contributed by atoms with Crippen LogP contribution in [0, 0.1) is 5.92 Å². The summed E-state index contributed by atoms with van der Waals surface area (Å²) in [6.07, 6.45) is 2.67. The molecular formula is C12H16BrNS. The second kappa shape index (κ2) is 5.92. The fraction of sp³-hybridized carbons (Fsp3) is 0.500.